The topological polar surface area (TPSA) is 58.4 Å². The third-order valence-electron chi connectivity index (χ3n) is 8.13. The maximum Gasteiger partial charge on any atom is 0.416 e. The highest BCUT2D eigenvalue weighted by molar-refractivity contribution is 5.52. The van der Waals surface area contributed by atoms with Gasteiger partial charge in [-0.15, -0.1) is 0 Å². The van der Waals surface area contributed by atoms with Gasteiger partial charge in [0.05, 0.1) is 11.3 Å². The quantitative estimate of drug-likeness (QED) is 0.166. The molecule has 0 amide bonds. The highest BCUT2D eigenvalue weighted by Gasteiger charge is 2.33. The van der Waals surface area contributed by atoms with Crippen LogP contribution in [0.3, 0.4) is 0 Å². The molecule has 1 aliphatic rings. The molecule has 0 spiro atoms. The zero-order valence-electron chi connectivity index (χ0n) is 24.8. The van der Waals surface area contributed by atoms with Crippen molar-refractivity contribution < 1.29 is 22.0 Å². The molecule has 4 aromatic rings. The summed E-state index contributed by atoms with van der Waals surface area (Å²) in [5.74, 6) is 6.24. The highest BCUT2D eigenvalue weighted by Crippen LogP contribution is 2.35. The van der Waals surface area contributed by atoms with Crippen LogP contribution in [0.1, 0.15) is 77.9 Å². The Balaban J connectivity index is 1.28. The summed E-state index contributed by atoms with van der Waals surface area (Å²) >= 11 is 0. The van der Waals surface area contributed by atoms with Crippen LogP contribution in [0.5, 0.6) is 0 Å². The van der Waals surface area contributed by atoms with E-state index in [0.717, 1.165) is 45.2 Å². The Hall–Kier alpha value is -4.04. The number of likely N-dealkylation sites (tertiary alicyclic amines) is 1. The Kier molecular flexibility index (Phi) is 9.79. The first kappa shape index (κ1) is 31.4. The van der Waals surface area contributed by atoms with Gasteiger partial charge in [-0.05, 0) is 112 Å². The van der Waals surface area contributed by atoms with Crippen LogP contribution < -0.4 is 5.32 Å². The van der Waals surface area contributed by atoms with Crippen LogP contribution in [-0.4, -0.2) is 44.6 Å². The van der Waals surface area contributed by atoms with Crippen LogP contribution in [0, 0.1) is 24.7 Å². The van der Waals surface area contributed by atoms with E-state index in [-0.39, 0.29) is 17.9 Å². The van der Waals surface area contributed by atoms with E-state index in [1.54, 1.807) is 43.5 Å². The average Bonchev–Trinajstić information content (AvgIpc) is 3.24. The van der Waals surface area contributed by atoms with Crippen molar-refractivity contribution in [2.24, 2.45) is 5.92 Å². The summed E-state index contributed by atoms with van der Waals surface area (Å²) in [6.07, 6.45) is 1.21. The first-order valence-electron chi connectivity index (χ1n) is 14.8. The zero-order valence-corrected chi connectivity index (χ0v) is 24.8. The Morgan fingerprint density at radius 1 is 1.09 bits per heavy atom. The van der Waals surface area contributed by atoms with E-state index in [4.69, 9.17) is 0 Å². The Morgan fingerprint density at radius 3 is 2.73 bits per heavy atom. The fourth-order valence-corrected chi connectivity index (χ4v) is 5.65. The molecule has 6 nitrogen and oxygen atoms in total. The van der Waals surface area contributed by atoms with Gasteiger partial charge >= 0.3 is 6.18 Å². The summed E-state index contributed by atoms with van der Waals surface area (Å²) in [6, 6.07) is 9.32. The number of nitrogens with one attached hydrogen (secondary N) is 1. The van der Waals surface area contributed by atoms with E-state index in [0.29, 0.717) is 40.4 Å². The summed E-state index contributed by atoms with van der Waals surface area (Å²) in [4.78, 5) is 10.6. The Labute approximate surface area is 253 Å². The van der Waals surface area contributed by atoms with Crippen molar-refractivity contribution in [1.82, 2.24) is 24.5 Å². The van der Waals surface area contributed by atoms with Gasteiger partial charge < -0.3 is 10.2 Å². The number of imidazole rings is 1. The molecule has 0 saturated carbocycles. The van der Waals surface area contributed by atoms with Crippen molar-refractivity contribution >= 4 is 11.3 Å². The van der Waals surface area contributed by atoms with Crippen molar-refractivity contribution in [2.75, 3.05) is 25.5 Å². The minimum absolute atomic E-state index is 0.0138. The Bertz CT molecular complexity index is 1650. The van der Waals surface area contributed by atoms with E-state index in [2.05, 4.69) is 44.2 Å². The van der Waals surface area contributed by atoms with Gasteiger partial charge in [0.2, 0.25) is 0 Å². The number of pyridine rings is 1. The lowest BCUT2D eigenvalue weighted by molar-refractivity contribution is -0.138. The number of rotatable bonds is 8. The number of alkyl halides is 5. The molecule has 44 heavy (non-hydrogen) atoms. The summed E-state index contributed by atoms with van der Waals surface area (Å²) in [5, 5.41) is 7.15. The van der Waals surface area contributed by atoms with Crippen LogP contribution >= 0.6 is 0 Å². The van der Waals surface area contributed by atoms with Crippen molar-refractivity contribution in [3.05, 3.63) is 88.1 Å². The van der Waals surface area contributed by atoms with Gasteiger partial charge in [0.25, 0.3) is 6.43 Å². The second-order valence-electron chi connectivity index (χ2n) is 11.4. The third-order valence-corrected chi connectivity index (χ3v) is 8.13. The summed E-state index contributed by atoms with van der Waals surface area (Å²) in [6.45, 7) is 4.07. The van der Waals surface area contributed by atoms with Gasteiger partial charge in [0.1, 0.15) is 11.4 Å². The fraction of sp³-hybridized carbons (Fsp3) is 0.424. The standard InChI is InChI=1S/C33H35F5N6/c1-22-26(11-13-29-31(32(34)35)42-30-9-4-15-41-44(29)30)18-24(20-39-22)21-40-27-12-10-25(28(19-27)33(36,37)38)8-3-6-23-7-5-16-43(2)17-14-23/h4,9-10,12,15,18-20,23,32,40H,3,5-8,14,16-17,21H2,1-2H3. The maximum atomic E-state index is 14.0. The molecular formula is C33H35F5N6. The number of aromatic nitrogens is 4. The number of fused-ring (bicyclic) bond motifs is 1. The van der Waals surface area contributed by atoms with Gasteiger partial charge in [-0.2, -0.15) is 18.3 Å². The van der Waals surface area contributed by atoms with Gasteiger partial charge in [0, 0.05) is 30.2 Å². The third kappa shape index (κ3) is 7.72. The SMILES string of the molecule is Cc1ncc(CNc2ccc(CCCC3CCCN(C)CC3)c(C(F)(F)F)c2)cc1C#Cc1c(C(F)F)nc2cccnn12. The number of hydrogen-bond donors (Lipinski definition) is 1. The van der Waals surface area contributed by atoms with Crippen molar-refractivity contribution in [3.8, 4) is 11.8 Å². The van der Waals surface area contributed by atoms with E-state index in [9.17, 15) is 22.0 Å². The molecule has 0 bridgehead atoms. The highest BCUT2D eigenvalue weighted by atomic mass is 19.4. The number of hydrogen-bond acceptors (Lipinski definition) is 5. The first-order chi connectivity index (χ1) is 21.1. The molecule has 4 heterocycles. The maximum absolute atomic E-state index is 14.0. The lowest BCUT2D eigenvalue weighted by Gasteiger charge is -2.17. The number of benzene rings is 1. The molecule has 0 radical (unpaired) electrons. The molecule has 5 rings (SSSR count). The predicted molar refractivity (Wildman–Crippen MR) is 159 cm³/mol. The molecule has 1 fully saturated rings. The minimum Gasteiger partial charge on any atom is -0.381 e. The molecule has 0 aliphatic carbocycles. The number of nitrogens with zero attached hydrogens (tertiary/aromatic N) is 5. The van der Waals surface area contributed by atoms with Crippen molar-refractivity contribution in [1.29, 1.82) is 0 Å². The molecule has 1 unspecified atom stereocenters. The summed E-state index contributed by atoms with van der Waals surface area (Å²) in [7, 11) is 2.12. The zero-order chi connectivity index (χ0) is 31.3. The molecule has 1 N–H and O–H groups in total. The van der Waals surface area contributed by atoms with E-state index >= 15 is 0 Å². The van der Waals surface area contributed by atoms with Gasteiger partial charge in [-0.3, -0.25) is 4.98 Å². The first-order valence-corrected chi connectivity index (χ1v) is 14.8. The average molecular weight is 611 g/mol. The smallest absolute Gasteiger partial charge is 0.381 e. The molecule has 11 heteroatoms. The molecular weight excluding hydrogens is 575 g/mol. The largest absolute Gasteiger partial charge is 0.416 e. The van der Waals surface area contributed by atoms with Crippen molar-refractivity contribution in [3.63, 3.8) is 0 Å². The number of anilines is 1. The fourth-order valence-electron chi connectivity index (χ4n) is 5.65. The van der Waals surface area contributed by atoms with E-state index in [1.807, 2.05) is 0 Å². The monoisotopic (exact) mass is 610 g/mol. The molecule has 3 aromatic heterocycles. The minimum atomic E-state index is -4.46. The molecule has 232 valence electrons. The van der Waals surface area contributed by atoms with Crippen LogP contribution in [0.25, 0.3) is 5.65 Å². The van der Waals surface area contributed by atoms with Crippen LogP contribution in [0.4, 0.5) is 27.6 Å². The van der Waals surface area contributed by atoms with E-state index < -0.39 is 23.9 Å². The Morgan fingerprint density at radius 2 is 1.93 bits per heavy atom. The van der Waals surface area contributed by atoms with Gasteiger partial charge in [-0.25, -0.2) is 18.3 Å². The molecule has 1 saturated heterocycles. The normalized spacial score (nSPS) is 16.1. The molecule has 1 aliphatic heterocycles. The summed E-state index contributed by atoms with van der Waals surface area (Å²) < 4.78 is 70.6. The lowest BCUT2D eigenvalue weighted by atomic mass is 9.92. The summed E-state index contributed by atoms with van der Waals surface area (Å²) in [5.41, 5.74) is 1.60. The lowest BCUT2D eigenvalue weighted by Crippen LogP contribution is -2.18. The van der Waals surface area contributed by atoms with Crippen LogP contribution in [0.2, 0.25) is 0 Å². The second kappa shape index (κ2) is 13.7. The molecule has 1 aromatic carbocycles. The number of halogens is 5. The van der Waals surface area contributed by atoms with Crippen molar-refractivity contribution in [2.45, 2.75) is 64.6 Å². The second-order valence-corrected chi connectivity index (χ2v) is 11.4. The number of aryl methyl sites for hydroxylation is 2. The van der Waals surface area contributed by atoms with E-state index in [1.165, 1.54) is 16.8 Å². The van der Waals surface area contributed by atoms with Gasteiger partial charge in [-0.1, -0.05) is 18.4 Å². The predicted octanol–water partition coefficient (Wildman–Crippen LogP) is 7.46. The van der Waals surface area contributed by atoms with Crippen LogP contribution in [0.15, 0.2) is 48.8 Å². The van der Waals surface area contributed by atoms with Crippen LogP contribution in [-0.2, 0) is 19.1 Å². The molecule has 1 atom stereocenters. The van der Waals surface area contributed by atoms with Gasteiger partial charge in [0.15, 0.2) is 5.65 Å².